The molecule has 0 saturated heterocycles. The van der Waals surface area contributed by atoms with Gasteiger partial charge in [0.25, 0.3) is 5.91 Å². The number of nitrogens with one attached hydrogen (secondary N) is 1. The van der Waals surface area contributed by atoms with Crippen LogP contribution >= 0.6 is 11.3 Å². The highest BCUT2D eigenvalue weighted by atomic mass is 32.1. The van der Waals surface area contributed by atoms with Gasteiger partial charge in [-0.2, -0.15) is 0 Å². The van der Waals surface area contributed by atoms with E-state index in [1.807, 2.05) is 60.7 Å². The summed E-state index contributed by atoms with van der Waals surface area (Å²) in [5.41, 5.74) is 2.55. The van der Waals surface area contributed by atoms with E-state index < -0.39 is 11.9 Å². The van der Waals surface area contributed by atoms with E-state index in [1.165, 1.54) is 0 Å². The summed E-state index contributed by atoms with van der Waals surface area (Å²) in [5, 5.41) is 16.3. The summed E-state index contributed by atoms with van der Waals surface area (Å²) in [6.45, 7) is 1.65. The third kappa shape index (κ3) is 3.68. The monoisotopic (exact) mass is 404 g/mol. The molecule has 0 saturated carbocycles. The van der Waals surface area contributed by atoms with Crippen molar-refractivity contribution in [2.75, 3.05) is 5.32 Å². The molecule has 2 aromatic heterocycles. The van der Waals surface area contributed by atoms with E-state index >= 15 is 0 Å². The van der Waals surface area contributed by atoms with Crippen molar-refractivity contribution in [1.29, 1.82) is 0 Å². The van der Waals surface area contributed by atoms with Gasteiger partial charge >= 0.3 is 5.97 Å². The second kappa shape index (κ2) is 7.73. The number of rotatable bonds is 5. The fourth-order valence-electron chi connectivity index (χ4n) is 3.00. The Hall–Kier alpha value is -3.71. The predicted octanol–water partition coefficient (Wildman–Crippen LogP) is 5.33. The first-order valence-corrected chi connectivity index (χ1v) is 9.62. The normalized spacial score (nSPS) is 10.7. The van der Waals surface area contributed by atoms with E-state index in [0.717, 1.165) is 27.3 Å². The third-order valence-electron chi connectivity index (χ3n) is 4.37. The summed E-state index contributed by atoms with van der Waals surface area (Å²) in [6.07, 6.45) is 0. The highest BCUT2D eigenvalue weighted by Gasteiger charge is 2.24. The first-order chi connectivity index (χ1) is 14.0. The molecule has 1 amide bonds. The molecule has 0 aliphatic heterocycles. The minimum atomic E-state index is -1.10. The van der Waals surface area contributed by atoms with Crippen molar-refractivity contribution in [3.8, 4) is 21.7 Å². The van der Waals surface area contributed by atoms with Gasteiger partial charge in [0, 0.05) is 10.4 Å². The maximum atomic E-state index is 13.0. The summed E-state index contributed by atoms with van der Waals surface area (Å²) in [5.74, 6) is -1.21. The lowest BCUT2D eigenvalue weighted by molar-refractivity contribution is 0.0703. The number of anilines is 1. The van der Waals surface area contributed by atoms with Crippen LogP contribution in [0.25, 0.3) is 21.7 Å². The Morgan fingerprint density at radius 1 is 1.00 bits per heavy atom. The number of carbonyl (C=O) groups excluding carboxylic acids is 1. The largest absolute Gasteiger partial charge is 0.477 e. The number of aryl methyl sites for hydroxylation is 1. The van der Waals surface area contributed by atoms with Crippen LogP contribution in [0.3, 0.4) is 0 Å². The molecule has 0 bridgehead atoms. The van der Waals surface area contributed by atoms with Crippen LogP contribution in [0.15, 0.2) is 71.3 Å². The first-order valence-electron chi connectivity index (χ1n) is 8.80. The van der Waals surface area contributed by atoms with E-state index in [4.69, 9.17) is 4.52 Å². The van der Waals surface area contributed by atoms with Crippen LogP contribution < -0.4 is 5.32 Å². The number of carboxylic acids is 1. The van der Waals surface area contributed by atoms with Crippen LogP contribution in [0.4, 0.5) is 5.69 Å². The molecule has 2 heterocycles. The van der Waals surface area contributed by atoms with Crippen LogP contribution in [0.2, 0.25) is 0 Å². The number of hydrogen-bond donors (Lipinski definition) is 2. The van der Waals surface area contributed by atoms with E-state index in [9.17, 15) is 14.7 Å². The Balaban J connectivity index is 1.70. The lowest BCUT2D eigenvalue weighted by Crippen LogP contribution is -2.14. The number of nitrogens with zero attached hydrogens (tertiary/aromatic N) is 1. The number of carboxylic acid groups (broad SMARTS) is 1. The van der Waals surface area contributed by atoms with Gasteiger partial charge in [-0.15, -0.1) is 11.3 Å². The molecule has 0 atom stereocenters. The molecule has 0 aliphatic carbocycles. The lowest BCUT2D eigenvalue weighted by Gasteiger charge is -2.05. The Labute approximate surface area is 170 Å². The molecule has 4 aromatic rings. The van der Waals surface area contributed by atoms with Gasteiger partial charge in [-0.3, -0.25) is 4.79 Å². The second-order valence-electron chi connectivity index (χ2n) is 6.31. The molecule has 0 fully saturated rings. The summed E-state index contributed by atoms with van der Waals surface area (Å²) in [7, 11) is 0. The van der Waals surface area contributed by atoms with Gasteiger partial charge in [0.15, 0.2) is 0 Å². The molecule has 2 aromatic carbocycles. The maximum Gasteiger partial charge on any atom is 0.348 e. The van der Waals surface area contributed by atoms with Crippen molar-refractivity contribution in [1.82, 2.24) is 5.16 Å². The zero-order chi connectivity index (χ0) is 20.4. The minimum Gasteiger partial charge on any atom is -0.477 e. The molecule has 0 radical (unpaired) electrons. The van der Waals surface area contributed by atoms with Crippen molar-refractivity contribution in [2.24, 2.45) is 0 Å². The number of thiophene rings is 1. The third-order valence-corrected chi connectivity index (χ3v) is 5.54. The number of benzene rings is 2. The van der Waals surface area contributed by atoms with E-state index in [0.29, 0.717) is 11.5 Å². The maximum absolute atomic E-state index is 13.0. The van der Waals surface area contributed by atoms with Crippen LogP contribution in [0.5, 0.6) is 0 Å². The molecular formula is C22H16N2O4S. The van der Waals surface area contributed by atoms with Gasteiger partial charge in [0.2, 0.25) is 0 Å². The lowest BCUT2D eigenvalue weighted by atomic mass is 10.1. The number of aromatic nitrogens is 1. The molecule has 7 heteroatoms. The zero-order valence-corrected chi connectivity index (χ0v) is 16.2. The molecule has 6 nitrogen and oxygen atoms in total. The first kappa shape index (κ1) is 18.6. The van der Waals surface area contributed by atoms with Gasteiger partial charge in [-0.05, 0) is 18.6 Å². The highest BCUT2D eigenvalue weighted by molar-refractivity contribution is 7.18. The van der Waals surface area contributed by atoms with Crippen molar-refractivity contribution < 1.29 is 19.2 Å². The molecular weight excluding hydrogens is 388 g/mol. The fourth-order valence-corrected chi connectivity index (χ4v) is 3.96. The van der Waals surface area contributed by atoms with Gasteiger partial charge in [0.1, 0.15) is 21.9 Å². The van der Waals surface area contributed by atoms with E-state index in [2.05, 4.69) is 10.5 Å². The Morgan fingerprint density at radius 2 is 1.62 bits per heavy atom. The van der Waals surface area contributed by atoms with Crippen LogP contribution in [-0.2, 0) is 0 Å². The SMILES string of the molecule is Cc1onc(-c2ccccc2)c1C(=O)Nc1cc(-c2ccccc2)sc1C(=O)O. The van der Waals surface area contributed by atoms with Gasteiger partial charge in [-0.25, -0.2) is 4.79 Å². The molecule has 29 heavy (non-hydrogen) atoms. The standard InChI is InChI=1S/C22H16N2O4S/c1-13-18(19(24-28-13)15-10-6-3-7-11-15)21(25)23-16-12-17(29-20(16)22(26)27)14-8-4-2-5-9-14/h2-12H,1H3,(H,23,25)(H,26,27). The number of aromatic carboxylic acids is 1. The summed E-state index contributed by atoms with van der Waals surface area (Å²) in [4.78, 5) is 25.5. The summed E-state index contributed by atoms with van der Waals surface area (Å²) in [6, 6.07) is 20.3. The molecule has 144 valence electrons. The van der Waals surface area contributed by atoms with Crippen LogP contribution in [-0.4, -0.2) is 22.1 Å². The predicted molar refractivity (Wildman–Crippen MR) is 111 cm³/mol. The molecule has 0 spiro atoms. The van der Waals surface area contributed by atoms with Crippen molar-refractivity contribution in [3.05, 3.63) is 82.9 Å². The highest BCUT2D eigenvalue weighted by Crippen LogP contribution is 2.35. The molecule has 0 aliphatic rings. The smallest absolute Gasteiger partial charge is 0.348 e. The van der Waals surface area contributed by atoms with Crippen molar-refractivity contribution >= 4 is 28.9 Å². The van der Waals surface area contributed by atoms with Gasteiger partial charge in [0.05, 0.1) is 5.69 Å². The quantitative estimate of drug-likeness (QED) is 0.469. The Bertz CT molecular complexity index is 1180. The molecule has 4 rings (SSSR count). The van der Waals surface area contributed by atoms with Crippen molar-refractivity contribution in [3.63, 3.8) is 0 Å². The summed E-state index contributed by atoms with van der Waals surface area (Å²) >= 11 is 1.11. The van der Waals surface area contributed by atoms with Crippen LogP contribution in [0.1, 0.15) is 25.8 Å². The number of carbonyl (C=O) groups is 2. The van der Waals surface area contributed by atoms with Gasteiger partial charge in [-0.1, -0.05) is 65.8 Å². The van der Waals surface area contributed by atoms with E-state index in [1.54, 1.807) is 13.0 Å². The second-order valence-corrected chi connectivity index (χ2v) is 7.36. The Morgan fingerprint density at radius 3 is 2.24 bits per heavy atom. The van der Waals surface area contributed by atoms with Crippen LogP contribution in [0, 0.1) is 6.92 Å². The number of hydrogen-bond acceptors (Lipinski definition) is 5. The number of amides is 1. The zero-order valence-electron chi connectivity index (χ0n) is 15.4. The summed E-state index contributed by atoms with van der Waals surface area (Å²) < 4.78 is 5.24. The van der Waals surface area contributed by atoms with E-state index in [-0.39, 0.29) is 16.1 Å². The topological polar surface area (TPSA) is 92.4 Å². The average Bonchev–Trinajstić information content (AvgIpc) is 3.33. The van der Waals surface area contributed by atoms with Crippen molar-refractivity contribution in [2.45, 2.75) is 6.92 Å². The molecule has 2 N–H and O–H groups in total. The molecule has 0 unspecified atom stereocenters. The minimum absolute atomic E-state index is 0.0626. The average molecular weight is 404 g/mol. The Kier molecular flexibility index (Phi) is 4.97. The fraction of sp³-hybridized carbons (Fsp3) is 0.0455. The van der Waals surface area contributed by atoms with Gasteiger partial charge < -0.3 is 14.9 Å².